The molecule has 1 heterocycles. The minimum atomic E-state index is -0.0913. The zero-order chi connectivity index (χ0) is 10.9. The Hall–Kier alpha value is -0.250. The molecule has 1 aliphatic rings. The van der Waals surface area contributed by atoms with Crippen LogP contribution in [0, 0.1) is 5.41 Å². The molecular formula is C10H11Cl2NOS. The van der Waals surface area contributed by atoms with Gasteiger partial charge in [0.25, 0.3) is 5.91 Å². The van der Waals surface area contributed by atoms with Gasteiger partial charge >= 0.3 is 0 Å². The summed E-state index contributed by atoms with van der Waals surface area (Å²) in [5.74, 6) is 0.525. The van der Waals surface area contributed by atoms with E-state index < -0.39 is 0 Å². The molecule has 1 saturated carbocycles. The Balaban J connectivity index is 1.91. The van der Waals surface area contributed by atoms with Crippen molar-refractivity contribution in [2.45, 2.75) is 12.8 Å². The summed E-state index contributed by atoms with van der Waals surface area (Å²) in [6.07, 6.45) is 2.21. The molecule has 2 rings (SSSR count). The number of thiophene rings is 1. The minimum absolute atomic E-state index is 0.0913. The monoisotopic (exact) mass is 263 g/mol. The fraction of sp³-hybridized carbons (Fsp3) is 0.500. The molecule has 1 aliphatic carbocycles. The third-order valence-electron chi connectivity index (χ3n) is 2.69. The molecule has 1 amide bonds. The smallest absolute Gasteiger partial charge is 0.262 e. The molecule has 1 N–H and O–H groups in total. The summed E-state index contributed by atoms with van der Waals surface area (Å²) in [6, 6.07) is 1.73. The summed E-state index contributed by atoms with van der Waals surface area (Å²) in [5, 5.41) is 5.21. The van der Waals surface area contributed by atoms with Crippen LogP contribution in [-0.4, -0.2) is 18.3 Å². The molecule has 82 valence electrons. The van der Waals surface area contributed by atoms with Crippen molar-refractivity contribution in [2.24, 2.45) is 5.41 Å². The number of hydrogen-bond acceptors (Lipinski definition) is 2. The van der Waals surface area contributed by atoms with Crippen LogP contribution in [0.25, 0.3) is 0 Å². The van der Waals surface area contributed by atoms with Crippen molar-refractivity contribution in [3.05, 3.63) is 21.3 Å². The molecule has 5 heteroatoms. The van der Waals surface area contributed by atoms with E-state index in [1.54, 1.807) is 6.07 Å². The number of carbonyl (C=O) groups is 1. The number of rotatable bonds is 4. The lowest BCUT2D eigenvalue weighted by atomic mass is 10.1. The van der Waals surface area contributed by atoms with Gasteiger partial charge in [0.1, 0.15) is 4.88 Å². The molecule has 1 aromatic heterocycles. The molecule has 0 spiro atoms. The summed E-state index contributed by atoms with van der Waals surface area (Å²) in [6.45, 7) is 0.656. The van der Waals surface area contributed by atoms with Crippen LogP contribution in [0.3, 0.4) is 0 Å². The van der Waals surface area contributed by atoms with Gasteiger partial charge in [-0.3, -0.25) is 4.79 Å². The second-order valence-electron chi connectivity index (χ2n) is 3.91. The summed E-state index contributed by atoms with van der Waals surface area (Å²) >= 11 is 13.0. The zero-order valence-electron chi connectivity index (χ0n) is 8.06. The fourth-order valence-corrected chi connectivity index (χ4v) is 2.76. The van der Waals surface area contributed by atoms with E-state index in [1.807, 2.05) is 5.38 Å². The number of carbonyl (C=O) groups excluding carboxylic acids is 1. The highest BCUT2D eigenvalue weighted by Crippen LogP contribution is 2.45. The zero-order valence-corrected chi connectivity index (χ0v) is 10.4. The normalized spacial score (nSPS) is 17.5. The topological polar surface area (TPSA) is 29.1 Å². The maximum atomic E-state index is 11.7. The van der Waals surface area contributed by atoms with E-state index in [0.717, 1.165) is 12.8 Å². The second-order valence-corrected chi connectivity index (χ2v) is 5.50. The van der Waals surface area contributed by atoms with Crippen molar-refractivity contribution in [3.63, 3.8) is 0 Å². The van der Waals surface area contributed by atoms with Gasteiger partial charge in [0, 0.05) is 17.8 Å². The Bertz CT molecular complexity index is 373. The van der Waals surface area contributed by atoms with E-state index >= 15 is 0 Å². The van der Waals surface area contributed by atoms with Gasteiger partial charge in [0.2, 0.25) is 0 Å². The summed E-state index contributed by atoms with van der Waals surface area (Å²) in [7, 11) is 0. The van der Waals surface area contributed by atoms with Crippen molar-refractivity contribution in [3.8, 4) is 0 Å². The fourth-order valence-electron chi connectivity index (χ4n) is 1.34. The quantitative estimate of drug-likeness (QED) is 0.831. The van der Waals surface area contributed by atoms with Crippen molar-refractivity contribution < 1.29 is 4.79 Å². The lowest BCUT2D eigenvalue weighted by Gasteiger charge is -2.11. The number of alkyl halides is 1. The third kappa shape index (κ3) is 2.47. The van der Waals surface area contributed by atoms with Crippen LogP contribution in [0.4, 0.5) is 0 Å². The van der Waals surface area contributed by atoms with Gasteiger partial charge in [-0.15, -0.1) is 22.9 Å². The molecule has 0 aliphatic heterocycles. The number of nitrogens with one attached hydrogen (secondary N) is 1. The average molecular weight is 264 g/mol. The van der Waals surface area contributed by atoms with Crippen LogP contribution >= 0.6 is 34.5 Å². The Labute approximate surface area is 103 Å². The summed E-state index contributed by atoms with van der Waals surface area (Å²) in [4.78, 5) is 12.3. The van der Waals surface area contributed by atoms with Crippen molar-refractivity contribution in [1.82, 2.24) is 5.32 Å². The predicted octanol–water partition coefficient (Wildman–Crippen LogP) is 3.15. The minimum Gasteiger partial charge on any atom is -0.351 e. The maximum Gasteiger partial charge on any atom is 0.262 e. The highest BCUT2D eigenvalue weighted by atomic mass is 35.5. The molecule has 15 heavy (non-hydrogen) atoms. The first-order valence-corrected chi connectivity index (χ1v) is 6.53. The van der Waals surface area contributed by atoms with Crippen molar-refractivity contribution in [1.29, 1.82) is 0 Å². The van der Waals surface area contributed by atoms with Gasteiger partial charge in [-0.25, -0.2) is 0 Å². The van der Waals surface area contributed by atoms with E-state index in [-0.39, 0.29) is 11.3 Å². The van der Waals surface area contributed by atoms with Gasteiger partial charge in [-0.2, -0.15) is 0 Å². The lowest BCUT2D eigenvalue weighted by molar-refractivity contribution is 0.0950. The Kier molecular flexibility index (Phi) is 3.24. The first-order valence-electron chi connectivity index (χ1n) is 4.74. The molecule has 0 saturated heterocycles. The van der Waals surface area contributed by atoms with Gasteiger partial charge < -0.3 is 5.32 Å². The molecular weight excluding hydrogens is 253 g/mol. The van der Waals surface area contributed by atoms with Crippen LogP contribution < -0.4 is 5.32 Å². The van der Waals surface area contributed by atoms with Gasteiger partial charge in [0.15, 0.2) is 0 Å². The molecule has 0 radical (unpaired) electrons. The van der Waals surface area contributed by atoms with Crippen LogP contribution in [0.1, 0.15) is 22.5 Å². The Morgan fingerprint density at radius 1 is 1.60 bits per heavy atom. The summed E-state index contributed by atoms with van der Waals surface area (Å²) in [5.41, 5.74) is 0.154. The van der Waals surface area contributed by atoms with Gasteiger partial charge in [0.05, 0.1) is 5.02 Å². The summed E-state index contributed by atoms with van der Waals surface area (Å²) < 4.78 is 0. The highest BCUT2D eigenvalue weighted by Gasteiger charge is 2.41. The molecule has 1 fully saturated rings. The van der Waals surface area contributed by atoms with E-state index in [0.29, 0.717) is 22.3 Å². The molecule has 0 bridgehead atoms. The average Bonchev–Trinajstić information content (AvgIpc) is 2.91. The van der Waals surface area contributed by atoms with Crippen LogP contribution in [0.5, 0.6) is 0 Å². The third-order valence-corrected chi connectivity index (χ3v) is 4.60. The maximum absolute atomic E-state index is 11.7. The van der Waals surface area contributed by atoms with Gasteiger partial charge in [-0.05, 0) is 24.3 Å². The Morgan fingerprint density at radius 2 is 2.33 bits per heavy atom. The van der Waals surface area contributed by atoms with Gasteiger partial charge in [-0.1, -0.05) is 11.6 Å². The SMILES string of the molecule is O=C(NCC1(CCl)CC1)c1sccc1Cl. The Morgan fingerprint density at radius 3 is 2.80 bits per heavy atom. The van der Waals surface area contributed by atoms with Crippen molar-refractivity contribution >= 4 is 40.4 Å². The number of halogens is 2. The van der Waals surface area contributed by atoms with Crippen molar-refractivity contribution in [2.75, 3.05) is 12.4 Å². The van der Waals surface area contributed by atoms with E-state index in [2.05, 4.69) is 5.32 Å². The van der Waals surface area contributed by atoms with E-state index in [4.69, 9.17) is 23.2 Å². The van der Waals surface area contributed by atoms with Crippen LogP contribution in [0.2, 0.25) is 5.02 Å². The molecule has 0 aromatic carbocycles. The largest absolute Gasteiger partial charge is 0.351 e. The highest BCUT2D eigenvalue weighted by molar-refractivity contribution is 7.12. The molecule has 0 unspecified atom stereocenters. The van der Waals surface area contributed by atoms with Crippen LogP contribution in [0.15, 0.2) is 11.4 Å². The first kappa shape index (κ1) is 11.2. The number of amides is 1. The number of hydrogen-bond donors (Lipinski definition) is 1. The van der Waals surface area contributed by atoms with E-state index in [9.17, 15) is 4.79 Å². The van der Waals surface area contributed by atoms with Crippen LogP contribution in [-0.2, 0) is 0 Å². The lowest BCUT2D eigenvalue weighted by Crippen LogP contribution is -2.30. The predicted molar refractivity (Wildman–Crippen MR) is 64.0 cm³/mol. The first-order chi connectivity index (χ1) is 7.17. The molecule has 0 atom stereocenters. The second kappa shape index (κ2) is 4.32. The molecule has 1 aromatic rings. The standard InChI is InChI=1S/C10H11Cl2NOS/c11-5-10(2-3-10)6-13-9(14)8-7(12)1-4-15-8/h1,4H,2-3,5-6H2,(H,13,14). The van der Waals surface area contributed by atoms with E-state index in [1.165, 1.54) is 11.3 Å². The molecule has 2 nitrogen and oxygen atoms in total.